The summed E-state index contributed by atoms with van der Waals surface area (Å²) in [5.41, 5.74) is 6.38. The van der Waals surface area contributed by atoms with E-state index < -0.39 is 0 Å². The summed E-state index contributed by atoms with van der Waals surface area (Å²) in [4.78, 5) is 13.6. The first kappa shape index (κ1) is 17.8. The molecule has 6 rings (SSSR count). The van der Waals surface area contributed by atoms with Crippen LogP contribution in [0.2, 0.25) is 10.0 Å². The molecule has 2 aliphatic rings. The number of allylic oxidation sites excluding steroid dienone is 1. The van der Waals surface area contributed by atoms with Crippen molar-refractivity contribution in [1.82, 2.24) is 0 Å². The van der Waals surface area contributed by atoms with E-state index in [4.69, 9.17) is 23.2 Å². The molecule has 2 nitrogen and oxygen atoms in total. The Hall–Kier alpha value is -3.07. The summed E-state index contributed by atoms with van der Waals surface area (Å²) < 4.78 is 0. The number of halogens is 2. The van der Waals surface area contributed by atoms with Crippen LogP contribution in [0.1, 0.15) is 33.0 Å². The summed E-state index contributed by atoms with van der Waals surface area (Å²) in [6.07, 6.45) is 0. The molecule has 144 valence electrons. The van der Waals surface area contributed by atoms with Gasteiger partial charge in [0.05, 0.1) is 15.7 Å². The molecular formula is C26H15Cl2NO. The van der Waals surface area contributed by atoms with Crippen LogP contribution >= 0.6 is 23.2 Å². The highest BCUT2D eigenvalue weighted by molar-refractivity contribution is 6.42. The Morgan fingerprint density at radius 2 is 1.53 bits per heavy atom. The number of carbonyl (C=O) groups excluding carboxylic acids is 1. The Labute approximate surface area is 183 Å². The third-order valence-corrected chi connectivity index (χ3v) is 6.78. The summed E-state index contributed by atoms with van der Waals surface area (Å²) in [5, 5.41) is 6.81. The van der Waals surface area contributed by atoms with Gasteiger partial charge in [0.15, 0.2) is 5.78 Å². The normalized spacial score (nSPS) is 16.9. The molecule has 0 amide bonds. The minimum Gasteiger partial charge on any atom is -0.354 e. The lowest BCUT2D eigenvalue weighted by molar-refractivity contribution is 0.103. The summed E-state index contributed by atoms with van der Waals surface area (Å²) in [7, 11) is 0. The van der Waals surface area contributed by atoms with Crippen LogP contribution in [0, 0.1) is 0 Å². The minimum atomic E-state index is -0.239. The van der Waals surface area contributed by atoms with Gasteiger partial charge in [-0.1, -0.05) is 83.9 Å². The van der Waals surface area contributed by atoms with Gasteiger partial charge in [-0.25, -0.2) is 0 Å². The van der Waals surface area contributed by atoms with E-state index in [-0.39, 0.29) is 11.7 Å². The monoisotopic (exact) mass is 427 g/mol. The molecule has 1 aliphatic heterocycles. The number of ketones is 1. The topological polar surface area (TPSA) is 29.1 Å². The molecule has 0 fully saturated rings. The molecule has 0 spiro atoms. The van der Waals surface area contributed by atoms with Gasteiger partial charge in [0.1, 0.15) is 0 Å². The third kappa shape index (κ3) is 2.41. The van der Waals surface area contributed by atoms with E-state index in [2.05, 4.69) is 29.6 Å². The maximum Gasteiger partial charge on any atom is 0.192 e. The maximum atomic E-state index is 13.6. The first-order chi connectivity index (χ1) is 14.6. The van der Waals surface area contributed by atoms with E-state index in [1.54, 1.807) is 6.07 Å². The molecule has 30 heavy (non-hydrogen) atoms. The van der Waals surface area contributed by atoms with Crippen molar-refractivity contribution in [3.05, 3.63) is 117 Å². The Morgan fingerprint density at radius 1 is 0.767 bits per heavy atom. The van der Waals surface area contributed by atoms with E-state index in [1.807, 2.05) is 48.5 Å². The van der Waals surface area contributed by atoms with E-state index in [9.17, 15) is 4.79 Å². The second kappa shape index (κ2) is 6.46. The predicted molar refractivity (Wildman–Crippen MR) is 124 cm³/mol. The molecule has 0 saturated heterocycles. The van der Waals surface area contributed by atoms with Crippen molar-refractivity contribution in [3.8, 4) is 0 Å². The fourth-order valence-electron chi connectivity index (χ4n) is 4.73. The summed E-state index contributed by atoms with van der Waals surface area (Å²) in [5.74, 6) is -0.181. The average molecular weight is 428 g/mol. The highest BCUT2D eigenvalue weighted by Gasteiger charge is 2.40. The van der Waals surface area contributed by atoms with Gasteiger partial charge in [-0.2, -0.15) is 0 Å². The molecule has 1 unspecified atom stereocenters. The zero-order chi connectivity index (χ0) is 20.4. The molecule has 1 heterocycles. The Bertz CT molecular complexity index is 1420. The van der Waals surface area contributed by atoms with E-state index in [1.165, 1.54) is 0 Å². The fourth-order valence-corrected chi connectivity index (χ4v) is 5.04. The van der Waals surface area contributed by atoms with E-state index in [0.717, 1.165) is 50.0 Å². The van der Waals surface area contributed by atoms with Crippen LogP contribution in [-0.2, 0) is 0 Å². The SMILES string of the molecule is O=C1C2=C(Nc3ccc4ccccc4c3C2c2ccc(Cl)c(Cl)c2)c2ccccc21. The van der Waals surface area contributed by atoms with Crippen molar-refractivity contribution in [2.24, 2.45) is 0 Å². The number of nitrogens with one attached hydrogen (secondary N) is 1. The quantitative estimate of drug-likeness (QED) is 0.344. The maximum absolute atomic E-state index is 13.6. The highest BCUT2D eigenvalue weighted by atomic mass is 35.5. The first-order valence-electron chi connectivity index (χ1n) is 9.75. The Kier molecular flexibility index (Phi) is 3.83. The number of hydrogen-bond acceptors (Lipinski definition) is 2. The Balaban J connectivity index is 1.70. The van der Waals surface area contributed by atoms with Crippen LogP contribution < -0.4 is 5.32 Å². The molecule has 0 radical (unpaired) electrons. The number of carbonyl (C=O) groups is 1. The number of rotatable bonds is 1. The zero-order valence-electron chi connectivity index (χ0n) is 15.7. The van der Waals surface area contributed by atoms with Gasteiger partial charge >= 0.3 is 0 Å². The van der Waals surface area contributed by atoms with Crippen molar-refractivity contribution in [2.45, 2.75) is 5.92 Å². The largest absolute Gasteiger partial charge is 0.354 e. The molecule has 1 atom stereocenters. The number of anilines is 1. The second-order valence-corrected chi connectivity index (χ2v) is 8.46. The Morgan fingerprint density at radius 3 is 2.37 bits per heavy atom. The summed E-state index contributed by atoms with van der Waals surface area (Å²) in [6, 6.07) is 25.9. The van der Waals surface area contributed by atoms with Crippen LogP contribution in [-0.4, -0.2) is 5.78 Å². The van der Waals surface area contributed by atoms with Crippen molar-refractivity contribution >= 4 is 51.1 Å². The van der Waals surface area contributed by atoms with Gasteiger partial charge in [-0.15, -0.1) is 0 Å². The molecule has 4 heteroatoms. The second-order valence-electron chi connectivity index (χ2n) is 7.64. The van der Waals surface area contributed by atoms with Crippen LogP contribution in [0.15, 0.2) is 84.4 Å². The van der Waals surface area contributed by atoms with Crippen molar-refractivity contribution in [1.29, 1.82) is 0 Å². The molecule has 1 N–H and O–H groups in total. The fraction of sp³-hybridized carbons (Fsp3) is 0.0385. The number of hydrogen-bond donors (Lipinski definition) is 1. The van der Waals surface area contributed by atoms with Crippen molar-refractivity contribution < 1.29 is 4.79 Å². The number of benzene rings is 4. The average Bonchev–Trinajstić information content (AvgIpc) is 3.06. The molecular weight excluding hydrogens is 413 g/mol. The lowest BCUT2D eigenvalue weighted by Gasteiger charge is -2.30. The number of fused-ring (bicyclic) bond motifs is 5. The zero-order valence-corrected chi connectivity index (χ0v) is 17.3. The lowest BCUT2D eigenvalue weighted by atomic mass is 9.78. The molecule has 0 bridgehead atoms. The highest BCUT2D eigenvalue weighted by Crippen LogP contribution is 2.51. The smallest absolute Gasteiger partial charge is 0.192 e. The van der Waals surface area contributed by atoms with Gasteiger partial charge in [0.2, 0.25) is 0 Å². The van der Waals surface area contributed by atoms with Crippen molar-refractivity contribution in [3.63, 3.8) is 0 Å². The predicted octanol–water partition coefficient (Wildman–Crippen LogP) is 7.31. The molecule has 0 saturated carbocycles. The van der Waals surface area contributed by atoms with Gasteiger partial charge in [0, 0.05) is 28.3 Å². The van der Waals surface area contributed by atoms with Crippen LogP contribution in [0.25, 0.3) is 16.5 Å². The lowest BCUT2D eigenvalue weighted by Crippen LogP contribution is -2.19. The number of Topliss-reactive ketones (excluding diaryl/α,β-unsaturated/α-hetero) is 1. The van der Waals surface area contributed by atoms with Crippen molar-refractivity contribution in [2.75, 3.05) is 5.32 Å². The van der Waals surface area contributed by atoms with E-state index in [0.29, 0.717) is 10.0 Å². The molecule has 4 aromatic rings. The van der Waals surface area contributed by atoms with E-state index >= 15 is 0 Å². The van der Waals surface area contributed by atoms with Gasteiger partial charge in [0.25, 0.3) is 0 Å². The first-order valence-corrected chi connectivity index (χ1v) is 10.5. The van der Waals surface area contributed by atoms with Gasteiger partial charge in [-0.05, 0) is 40.1 Å². The van der Waals surface area contributed by atoms with Gasteiger partial charge < -0.3 is 5.32 Å². The van der Waals surface area contributed by atoms with Crippen LogP contribution in [0.4, 0.5) is 5.69 Å². The minimum absolute atomic E-state index is 0.0581. The van der Waals surface area contributed by atoms with Crippen LogP contribution in [0.5, 0.6) is 0 Å². The molecule has 0 aromatic heterocycles. The molecule has 4 aromatic carbocycles. The van der Waals surface area contributed by atoms with Gasteiger partial charge in [-0.3, -0.25) is 4.79 Å². The standard InChI is InChI=1S/C26H15Cl2NO/c27-19-11-9-15(13-20(19)28)22-23-16-6-2-1-5-14(16)10-12-21(23)29-25-17-7-3-4-8-18(17)26(30)24(22)25/h1-13,22,29H. The van der Waals surface area contributed by atoms with Crippen LogP contribution in [0.3, 0.4) is 0 Å². The third-order valence-electron chi connectivity index (χ3n) is 6.04. The molecule has 1 aliphatic carbocycles. The summed E-state index contributed by atoms with van der Waals surface area (Å²) >= 11 is 12.6. The summed E-state index contributed by atoms with van der Waals surface area (Å²) in [6.45, 7) is 0.